The van der Waals surface area contributed by atoms with Crippen molar-refractivity contribution in [2.75, 3.05) is 0 Å². The van der Waals surface area contributed by atoms with Crippen molar-refractivity contribution in [3.05, 3.63) is 182 Å². The first kappa shape index (κ1) is 48.9. The van der Waals surface area contributed by atoms with Crippen LogP contribution in [0.3, 0.4) is 0 Å². The summed E-state index contributed by atoms with van der Waals surface area (Å²) in [7, 11) is -39.0. The average Bonchev–Trinajstić information content (AvgIpc) is 4.19. The summed E-state index contributed by atoms with van der Waals surface area (Å²) < 4.78 is 201. The Morgan fingerprint density at radius 1 is 0.268 bits per heavy atom. The Labute approximate surface area is 406 Å². The van der Waals surface area contributed by atoms with E-state index in [4.69, 9.17) is 0 Å². The van der Waals surface area contributed by atoms with Crippen LogP contribution in [0.5, 0.6) is 0 Å². The molecule has 0 saturated carbocycles. The molecule has 0 aliphatic carbocycles. The van der Waals surface area contributed by atoms with Gasteiger partial charge in [0.25, 0.3) is 0 Å². The van der Waals surface area contributed by atoms with Gasteiger partial charge in [-0.15, -0.1) is 0 Å². The highest BCUT2D eigenvalue weighted by Crippen LogP contribution is 2.53. The third-order valence-electron chi connectivity index (χ3n) is 10.9. The lowest BCUT2D eigenvalue weighted by Crippen LogP contribution is -2.37. The fourth-order valence-electron chi connectivity index (χ4n) is 7.49. The smallest absolute Gasteiger partial charge is 0.226 e. The van der Waals surface area contributed by atoms with Crippen LogP contribution in [-0.2, 0) is 63.6 Å². The molecule has 3 heterocycles. The number of H-pyrrole nitrogens is 3. The Kier molecular flexibility index (Phi) is 12.3. The minimum absolute atomic E-state index is 0.636. The van der Waals surface area contributed by atoms with E-state index >= 15 is 55.1 Å². The Hall–Kier alpha value is -7.12. The number of aromatic nitrogens is 6. The summed E-state index contributed by atoms with van der Waals surface area (Å²) in [6.07, 6.45) is 0. The second-order valence-corrected chi connectivity index (χ2v) is 28.9. The molecule has 0 atom stereocenters. The number of nitrogens with zero attached hydrogens (tertiary/aromatic N) is 3. The van der Waals surface area contributed by atoms with Gasteiger partial charge in [0.1, 0.15) is 0 Å². The molecule has 0 aliphatic rings. The number of rotatable bonds is 15. The molecule has 0 saturated heterocycles. The maximum atomic E-state index is 18.2. The Morgan fingerprint density at radius 2 is 0.437 bits per heavy atom. The summed E-state index contributed by atoms with van der Waals surface area (Å²) in [5.41, 5.74) is 0. The van der Waals surface area contributed by atoms with Crippen LogP contribution < -0.4 is 15.9 Å². The largest absolute Gasteiger partial charge is 0.308 e. The van der Waals surface area contributed by atoms with Gasteiger partial charge < -0.3 is 4.57 Å². The van der Waals surface area contributed by atoms with Crippen molar-refractivity contribution in [2.24, 2.45) is 0 Å². The summed E-state index contributed by atoms with van der Waals surface area (Å²) in [6, 6.07) is 36.1. The molecule has 3 N–H and O–H groups in total. The molecule has 9 aromatic rings. The number of sulfone groups is 6. The van der Waals surface area contributed by atoms with Crippen molar-refractivity contribution in [3.63, 3.8) is 0 Å². The van der Waals surface area contributed by atoms with Crippen molar-refractivity contribution in [3.8, 4) is 0 Å². The molecule has 26 heteroatoms. The molecule has 19 nitrogen and oxygen atoms in total. The van der Waals surface area contributed by atoms with E-state index in [1.807, 2.05) is 0 Å². The van der Waals surface area contributed by atoms with Crippen molar-refractivity contribution in [1.82, 2.24) is 30.6 Å². The lowest BCUT2D eigenvalue weighted by Gasteiger charge is -2.23. The van der Waals surface area contributed by atoms with Crippen LogP contribution in [0.15, 0.2) is 242 Å². The fourth-order valence-corrected chi connectivity index (χ4v) is 22.4. The maximum Gasteiger partial charge on any atom is 0.226 e. The standard InChI is InChI=1S/C45H33N6O13PS6/c52-65(37-40(66(53,54)31-19-7-1-8-20-31)46-47-41(37)67(55,56)32-21-9-2-10-22-32,38-42(68(57,58)33-23-11-3-12-24-33)48-49-43(38)69(59,60)34-25-13-4-14-26-34)39-44(70(61,62)35-27-15-5-16-28-35)50-51-45(39)71(63,64)36-29-17-6-18-30-36/h1-30H,(H,46,47)(H,48,49)(H,50,51). The van der Waals surface area contributed by atoms with Gasteiger partial charge >= 0.3 is 0 Å². The quantitative estimate of drug-likeness (QED) is 0.119. The van der Waals surface area contributed by atoms with Crippen molar-refractivity contribution in [1.29, 1.82) is 0 Å². The first-order valence-electron chi connectivity index (χ1n) is 20.4. The van der Waals surface area contributed by atoms with Gasteiger partial charge in [0.2, 0.25) is 59.0 Å². The first-order chi connectivity index (χ1) is 33.7. The molecule has 0 bridgehead atoms. The number of hydrogen-bond donors (Lipinski definition) is 3. The number of aromatic amines is 3. The lowest BCUT2D eigenvalue weighted by atomic mass is 10.4. The van der Waals surface area contributed by atoms with E-state index in [0.29, 0.717) is 0 Å². The molecule has 0 aliphatic heterocycles. The summed E-state index contributed by atoms with van der Waals surface area (Å²) in [5.74, 6) is 0. The first-order valence-corrected chi connectivity index (χ1v) is 31.0. The van der Waals surface area contributed by atoms with Crippen molar-refractivity contribution >= 4 is 82.1 Å². The predicted octanol–water partition coefficient (Wildman–Crippen LogP) is 4.49. The second kappa shape index (κ2) is 17.9. The van der Waals surface area contributed by atoms with Gasteiger partial charge in [-0.2, -0.15) is 15.3 Å². The molecule has 362 valence electrons. The Bertz CT molecular complexity index is 3560. The zero-order valence-corrected chi connectivity index (χ0v) is 41.7. The summed E-state index contributed by atoms with van der Waals surface area (Å²) in [4.78, 5) is -3.85. The van der Waals surface area contributed by atoms with Crippen LogP contribution in [0.1, 0.15) is 0 Å². The number of nitrogens with one attached hydrogen (secondary N) is 3. The van der Waals surface area contributed by atoms with Gasteiger partial charge in [-0.3, -0.25) is 15.3 Å². The Morgan fingerprint density at radius 3 is 0.620 bits per heavy atom. The molecule has 0 amide bonds. The van der Waals surface area contributed by atoms with Crippen molar-refractivity contribution in [2.45, 2.75) is 59.5 Å². The van der Waals surface area contributed by atoms with Gasteiger partial charge in [-0.1, -0.05) is 109 Å². The number of hydrogen-bond acceptors (Lipinski definition) is 16. The SMILES string of the molecule is O=P(c1c(S(=O)(=O)c2ccccc2)n[nH]c1S(=O)(=O)c1ccccc1)(c1c(S(=O)(=O)c2ccccc2)n[nH]c1S(=O)(=O)c1ccccc1)c1c(S(=O)(=O)c2ccccc2)n[nH]c1S(=O)(=O)c1ccccc1. The monoisotopic (exact) mass is 1090 g/mol. The molecule has 9 rings (SSSR count). The van der Waals surface area contributed by atoms with Gasteiger partial charge in [-0.25, -0.2) is 50.5 Å². The van der Waals surface area contributed by atoms with Crippen LogP contribution in [0.2, 0.25) is 0 Å². The average molecular weight is 1090 g/mol. The molecule has 71 heavy (non-hydrogen) atoms. The van der Waals surface area contributed by atoms with Crippen LogP contribution in [0.4, 0.5) is 0 Å². The molecule has 0 unspecified atom stereocenters. The molecule has 0 spiro atoms. The highest BCUT2D eigenvalue weighted by molar-refractivity contribution is 7.99. The third-order valence-corrected chi connectivity index (χ3v) is 25.2. The van der Waals surface area contributed by atoms with E-state index in [1.165, 1.54) is 109 Å². The van der Waals surface area contributed by atoms with Gasteiger partial charge in [0.15, 0.2) is 37.3 Å². The molecule has 3 aromatic heterocycles. The van der Waals surface area contributed by atoms with E-state index in [0.717, 1.165) is 72.8 Å². The molecule has 0 radical (unpaired) electrons. The highest BCUT2D eigenvalue weighted by atomic mass is 32.2. The molecule has 0 fully saturated rings. The van der Waals surface area contributed by atoms with Crippen molar-refractivity contribution < 1.29 is 55.1 Å². The van der Waals surface area contributed by atoms with Crippen LogP contribution in [-0.4, -0.2) is 81.1 Å². The van der Waals surface area contributed by atoms with E-state index < -0.39 is 142 Å². The van der Waals surface area contributed by atoms with Crippen LogP contribution >= 0.6 is 7.14 Å². The van der Waals surface area contributed by atoms with Gasteiger partial charge in [0.05, 0.1) is 45.3 Å². The normalized spacial score (nSPS) is 13.0. The minimum atomic E-state index is -6.72. The fraction of sp³-hybridized carbons (Fsp3) is 0. The van der Waals surface area contributed by atoms with E-state index in [-0.39, 0.29) is 0 Å². The summed E-state index contributed by atoms with van der Waals surface area (Å²) in [5, 5.41) is 4.72. The second-order valence-electron chi connectivity index (χ2n) is 15.1. The van der Waals surface area contributed by atoms with E-state index in [2.05, 4.69) is 30.6 Å². The summed E-state index contributed by atoms with van der Waals surface area (Å²) >= 11 is 0. The maximum absolute atomic E-state index is 18.2. The lowest BCUT2D eigenvalue weighted by molar-refractivity contribution is 0.582. The van der Waals surface area contributed by atoms with Gasteiger partial charge in [0, 0.05) is 0 Å². The van der Waals surface area contributed by atoms with Crippen LogP contribution in [0.25, 0.3) is 0 Å². The minimum Gasteiger partial charge on any atom is -0.308 e. The zero-order valence-electron chi connectivity index (χ0n) is 35.9. The number of benzene rings is 6. The predicted molar refractivity (Wildman–Crippen MR) is 254 cm³/mol. The molecule has 6 aromatic carbocycles. The zero-order chi connectivity index (χ0) is 50.6. The topological polar surface area (TPSA) is 308 Å². The molecular formula is C45H33N6O13PS6. The Balaban J connectivity index is 1.61. The van der Waals surface area contributed by atoms with E-state index in [1.54, 1.807) is 0 Å². The van der Waals surface area contributed by atoms with Crippen LogP contribution in [0, 0.1) is 0 Å². The third kappa shape index (κ3) is 8.08. The van der Waals surface area contributed by atoms with Gasteiger partial charge in [-0.05, 0) is 72.8 Å². The highest BCUT2D eigenvalue weighted by Gasteiger charge is 2.55. The van der Waals surface area contributed by atoms with E-state index in [9.17, 15) is 0 Å². The summed E-state index contributed by atoms with van der Waals surface area (Å²) in [6.45, 7) is 0. The molecular weight excluding hydrogens is 1060 g/mol.